The molecule has 2 rings (SSSR count). The van der Waals surface area contributed by atoms with Crippen LogP contribution in [-0.2, 0) is 9.53 Å². The largest absolute Gasteiger partial charge is 0.479 e. The number of carboxylic acids is 1. The lowest BCUT2D eigenvalue weighted by molar-refractivity contribution is -0.150. The molecule has 1 aliphatic carbocycles. The molecule has 17 heavy (non-hydrogen) atoms. The third-order valence-electron chi connectivity index (χ3n) is 4.15. The van der Waals surface area contributed by atoms with Gasteiger partial charge in [0.2, 0.25) is 0 Å². The smallest absolute Gasteiger partial charge is 0.332 e. The zero-order chi connectivity index (χ0) is 12.3. The minimum absolute atomic E-state index is 0.474. The van der Waals surface area contributed by atoms with E-state index in [0.717, 1.165) is 18.4 Å². The highest BCUT2D eigenvalue weighted by atomic mass is 16.5. The summed E-state index contributed by atoms with van der Waals surface area (Å²) in [6, 6.07) is 0. The Bertz CT molecular complexity index is 257. The lowest BCUT2D eigenvalue weighted by Crippen LogP contribution is -2.31. The maximum Gasteiger partial charge on any atom is 0.332 e. The summed E-state index contributed by atoms with van der Waals surface area (Å²) >= 11 is 0. The fourth-order valence-electron chi connectivity index (χ4n) is 3.29. The van der Waals surface area contributed by atoms with Crippen LogP contribution in [0.1, 0.15) is 32.6 Å². The van der Waals surface area contributed by atoms with Gasteiger partial charge in [0.15, 0.2) is 6.10 Å². The van der Waals surface area contributed by atoms with Gasteiger partial charge >= 0.3 is 5.97 Å². The van der Waals surface area contributed by atoms with Crippen molar-refractivity contribution in [2.45, 2.75) is 38.7 Å². The number of hydrogen-bond donors (Lipinski definition) is 1. The minimum atomic E-state index is -0.828. The van der Waals surface area contributed by atoms with E-state index in [1.807, 2.05) is 6.92 Å². The van der Waals surface area contributed by atoms with Gasteiger partial charge in [0.05, 0.1) is 0 Å². The van der Waals surface area contributed by atoms with Crippen LogP contribution in [0.5, 0.6) is 0 Å². The monoisotopic (exact) mass is 241 g/mol. The quantitative estimate of drug-likeness (QED) is 0.767. The molecule has 1 aliphatic heterocycles. The van der Waals surface area contributed by atoms with Crippen LogP contribution in [-0.4, -0.2) is 48.3 Å². The molecule has 4 nitrogen and oxygen atoms in total. The zero-order valence-electron chi connectivity index (χ0n) is 10.6. The molecule has 3 atom stereocenters. The van der Waals surface area contributed by atoms with E-state index >= 15 is 0 Å². The van der Waals surface area contributed by atoms with Crippen molar-refractivity contribution in [3.63, 3.8) is 0 Å². The molecule has 0 radical (unpaired) electrons. The van der Waals surface area contributed by atoms with Crippen molar-refractivity contribution >= 4 is 5.97 Å². The molecule has 1 heterocycles. The van der Waals surface area contributed by atoms with Crippen LogP contribution >= 0.6 is 0 Å². The maximum absolute atomic E-state index is 10.9. The van der Waals surface area contributed by atoms with E-state index in [1.54, 1.807) is 0 Å². The summed E-state index contributed by atoms with van der Waals surface area (Å²) in [5.74, 6) is 0.932. The number of fused-ring (bicyclic) bond motifs is 1. The standard InChI is InChI=1S/C13H23NO3/c1-2-17-12(13(15)16)6-7-14-8-10-4-3-5-11(10)9-14/h10-12H,2-9H2,1H3,(H,15,16). The molecule has 1 saturated carbocycles. The average Bonchev–Trinajstić information content (AvgIpc) is 2.83. The fraction of sp³-hybridized carbons (Fsp3) is 0.923. The molecule has 0 spiro atoms. The number of ether oxygens (including phenoxy) is 1. The molecule has 0 bridgehead atoms. The maximum atomic E-state index is 10.9. The van der Waals surface area contributed by atoms with Gasteiger partial charge in [-0.2, -0.15) is 0 Å². The molecule has 0 aromatic heterocycles. The van der Waals surface area contributed by atoms with Crippen molar-refractivity contribution < 1.29 is 14.6 Å². The average molecular weight is 241 g/mol. The van der Waals surface area contributed by atoms with Crippen LogP contribution in [0, 0.1) is 11.8 Å². The number of carbonyl (C=O) groups is 1. The number of aliphatic carboxylic acids is 1. The molecule has 1 N–H and O–H groups in total. The van der Waals surface area contributed by atoms with Crippen LogP contribution in [0.2, 0.25) is 0 Å². The molecule has 0 amide bonds. The summed E-state index contributed by atoms with van der Waals surface area (Å²) in [5.41, 5.74) is 0. The highest BCUT2D eigenvalue weighted by Gasteiger charge is 2.36. The fourth-order valence-corrected chi connectivity index (χ4v) is 3.29. The summed E-state index contributed by atoms with van der Waals surface area (Å²) in [5, 5.41) is 9.00. The number of likely N-dealkylation sites (tertiary alicyclic amines) is 1. The van der Waals surface area contributed by atoms with Gasteiger partial charge in [-0.05, 0) is 38.0 Å². The van der Waals surface area contributed by atoms with E-state index in [9.17, 15) is 4.79 Å². The lowest BCUT2D eigenvalue weighted by Gasteiger charge is -2.19. The summed E-state index contributed by atoms with van der Waals surface area (Å²) in [6.07, 6.45) is 4.12. The number of nitrogens with zero attached hydrogens (tertiary/aromatic N) is 1. The third-order valence-corrected chi connectivity index (χ3v) is 4.15. The first-order valence-electron chi connectivity index (χ1n) is 6.77. The highest BCUT2D eigenvalue weighted by Crippen LogP contribution is 2.37. The Morgan fingerprint density at radius 1 is 1.41 bits per heavy atom. The Hall–Kier alpha value is -0.610. The SMILES string of the molecule is CCOC(CCN1CC2CCCC2C1)C(=O)O. The van der Waals surface area contributed by atoms with Gasteiger partial charge in [-0.3, -0.25) is 0 Å². The second kappa shape index (κ2) is 5.83. The molecule has 0 aromatic carbocycles. The molecule has 4 heteroatoms. The molecular formula is C13H23NO3. The Morgan fingerprint density at radius 2 is 2.06 bits per heavy atom. The Labute approximate surface area is 103 Å². The van der Waals surface area contributed by atoms with Gasteiger partial charge in [0, 0.05) is 26.2 Å². The predicted molar refractivity (Wildman–Crippen MR) is 64.9 cm³/mol. The Balaban J connectivity index is 1.72. The van der Waals surface area contributed by atoms with Crippen LogP contribution in [0.3, 0.4) is 0 Å². The molecule has 2 aliphatic rings. The van der Waals surface area contributed by atoms with Gasteiger partial charge in [-0.25, -0.2) is 4.79 Å². The molecule has 3 unspecified atom stereocenters. The third kappa shape index (κ3) is 3.19. The van der Waals surface area contributed by atoms with E-state index in [-0.39, 0.29) is 0 Å². The minimum Gasteiger partial charge on any atom is -0.479 e. The van der Waals surface area contributed by atoms with E-state index < -0.39 is 12.1 Å². The zero-order valence-corrected chi connectivity index (χ0v) is 10.6. The molecule has 0 aromatic rings. The number of carboxylic acid groups (broad SMARTS) is 1. The van der Waals surface area contributed by atoms with Crippen LogP contribution in [0.25, 0.3) is 0 Å². The van der Waals surface area contributed by atoms with Gasteiger partial charge in [0.1, 0.15) is 0 Å². The topological polar surface area (TPSA) is 49.8 Å². The van der Waals surface area contributed by atoms with Gasteiger partial charge in [-0.15, -0.1) is 0 Å². The second-order valence-corrected chi connectivity index (χ2v) is 5.28. The molecular weight excluding hydrogens is 218 g/mol. The van der Waals surface area contributed by atoms with E-state index in [0.29, 0.717) is 13.0 Å². The van der Waals surface area contributed by atoms with E-state index in [2.05, 4.69) is 4.90 Å². The van der Waals surface area contributed by atoms with Gasteiger partial charge in [-0.1, -0.05) is 6.42 Å². The lowest BCUT2D eigenvalue weighted by atomic mass is 10.0. The molecule has 1 saturated heterocycles. The first-order valence-corrected chi connectivity index (χ1v) is 6.77. The van der Waals surface area contributed by atoms with Crippen molar-refractivity contribution in [3.8, 4) is 0 Å². The summed E-state index contributed by atoms with van der Waals surface area (Å²) in [7, 11) is 0. The van der Waals surface area contributed by atoms with Crippen molar-refractivity contribution in [2.24, 2.45) is 11.8 Å². The Morgan fingerprint density at radius 3 is 2.59 bits per heavy atom. The molecule has 2 fully saturated rings. The van der Waals surface area contributed by atoms with Crippen LogP contribution in [0.4, 0.5) is 0 Å². The van der Waals surface area contributed by atoms with Crippen LogP contribution in [0.15, 0.2) is 0 Å². The normalized spacial score (nSPS) is 30.4. The van der Waals surface area contributed by atoms with Crippen molar-refractivity contribution in [1.29, 1.82) is 0 Å². The number of hydrogen-bond acceptors (Lipinski definition) is 3. The van der Waals surface area contributed by atoms with E-state index in [1.165, 1.54) is 32.4 Å². The predicted octanol–water partition coefficient (Wildman–Crippen LogP) is 1.60. The summed E-state index contributed by atoms with van der Waals surface area (Å²) in [6.45, 7) is 5.52. The van der Waals surface area contributed by atoms with E-state index in [4.69, 9.17) is 9.84 Å². The second-order valence-electron chi connectivity index (χ2n) is 5.28. The van der Waals surface area contributed by atoms with Crippen molar-refractivity contribution in [3.05, 3.63) is 0 Å². The first kappa shape index (κ1) is 12.8. The molecule has 98 valence electrons. The van der Waals surface area contributed by atoms with Crippen molar-refractivity contribution in [2.75, 3.05) is 26.2 Å². The highest BCUT2D eigenvalue weighted by molar-refractivity contribution is 5.72. The first-order chi connectivity index (χ1) is 8.20. The van der Waals surface area contributed by atoms with Gasteiger partial charge < -0.3 is 14.7 Å². The summed E-state index contributed by atoms with van der Waals surface area (Å²) < 4.78 is 5.23. The van der Waals surface area contributed by atoms with Gasteiger partial charge in [0.25, 0.3) is 0 Å². The van der Waals surface area contributed by atoms with Crippen molar-refractivity contribution in [1.82, 2.24) is 4.90 Å². The van der Waals surface area contributed by atoms with Crippen LogP contribution < -0.4 is 0 Å². The Kier molecular flexibility index (Phi) is 4.40. The summed E-state index contributed by atoms with van der Waals surface area (Å²) in [4.78, 5) is 13.4. The number of rotatable bonds is 6.